The Morgan fingerprint density at radius 1 is 1.08 bits per heavy atom. The second-order valence-electron chi connectivity index (χ2n) is 12.6. The Morgan fingerprint density at radius 3 is 2.62 bits per heavy atom. The molecule has 3 aromatic rings. The van der Waals surface area contributed by atoms with E-state index in [0.29, 0.717) is 33.9 Å². The monoisotopic (exact) mass is 512 g/mol. The van der Waals surface area contributed by atoms with Crippen molar-refractivity contribution in [1.82, 2.24) is 4.98 Å². The number of aromatic nitrogens is 1. The van der Waals surface area contributed by atoms with Crippen molar-refractivity contribution in [3.8, 4) is 0 Å². The minimum atomic E-state index is -0.170. The zero-order valence-corrected chi connectivity index (χ0v) is 22.8. The number of aliphatic hydroxyl groups is 1. The fraction of sp³-hybridized carbons (Fsp3) is 0.500. The van der Waals surface area contributed by atoms with Crippen molar-refractivity contribution in [2.45, 2.75) is 77.2 Å². The van der Waals surface area contributed by atoms with E-state index in [2.05, 4.69) is 26.8 Å². The van der Waals surface area contributed by atoms with Crippen LogP contribution >= 0.6 is 11.3 Å². The second-order valence-corrected chi connectivity index (χ2v) is 13.6. The van der Waals surface area contributed by atoms with Crippen LogP contribution in [0.1, 0.15) is 84.4 Å². The van der Waals surface area contributed by atoms with Gasteiger partial charge >= 0.3 is 0 Å². The predicted molar refractivity (Wildman–Crippen MR) is 150 cm³/mol. The average Bonchev–Trinajstić information content (AvgIpc) is 3.38. The summed E-state index contributed by atoms with van der Waals surface area (Å²) in [6.45, 7) is 7.12. The zero-order chi connectivity index (χ0) is 25.7. The van der Waals surface area contributed by atoms with Gasteiger partial charge in [-0.05, 0) is 91.6 Å². The molecule has 5 heteroatoms. The molecular formula is C32H36N2O2S. The van der Waals surface area contributed by atoms with Gasteiger partial charge in [0.2, 0.25) is 5.78 Å². The Labute approximate surface area is 223 Å². The largest absolute Gasteiger partial charge is 0.397 e. The third-order valence-electron chi connectivity index (χ3n) is 10.9. The Kier molecular flexibility index (Phi) is 5.10. The average molecular weight is 513 g/mol. The minimum absolute atomic E-state index is 0.00782. The summed E-state index contributed by atoms with van der Waals surface area (Å²) in [5.74, 6) is 1.86. The van der Waals surface area contributed by atoms with Gasteiger partial charge in [-0.3, -0.25) is 4.79 Å². The van der Waals surface area contributed by atoms with Crippen LogP contribution in [-0.4, -0.2) is 22.0 Å². The summed E-state index contributed by atoms with van der Waals surface area (Å²) in [7, 11) is 0. The summed E-state index contributed by atoms with van der Waals surface area (Å²) in [5.41, 5.74) is 13.8. The number of carbonyl (C=O) groups is 1. The molecule has 6 atom stereocenters. The molecule has 7 rings (SSSR count). The van der Waals surface area contributed by atoms with Gasteiger partial charge in [0, 0.05) is 16.6 Å². The number of allylic oxidation sites excluding steroid dienone is 1. The number of nitrogens with two attached hydrogens (primary N) is 1. The second kappa shape index (κ2) is 8.00. The minimum Gasteiger partial charge on any atom is -0.397 e. The first kappa shape index (κ1) is 23.6. The first-order valence-corrected chi connectivity index (χ1v) is 14.7. The Balaban J connectivity index is 1.33. The maximum Gasteiger partial charge on any atom is 0.205 e. The SMILES string of the molecule is Cc1nc2sc(C(=O)c3ccccc3)c(N)c2c2c1[C@]1(C)CC[C@@H]3[C@H](CC=C4C[C@@H](O)CC[C@@]43C)[C@@H]1C2. The number of pyridine rings is 1. The van der Waals surface area contributed by atoms with E-state index in [4.69, 9.17) is 10.7 Å². The number of aliphatic hydroxyl groups excluding tert-OH is 1. The highest BCUT2D eigenvalue weighted by atomic mass is 32.1. The lowest BCUT2D eigenvalue weighted by Crippen LogP contribution is -2.51. The smallest absolute Gasteiger partial charge is 0.205 e. The topological polar surface area (TPSA) is 76.2 Å². The molecule has 0 bridgehead atoms. The van der Waals surface area contributed by atoms with E-state index >= 15 is 0 Å². The number of nitrogen functional groups attached to an aromatic ring is 1. The number of benzene rings is 1. The third-order valence-corrected chi connectivity index (χ3v) is 12.0. The predicted octanol–water partition coefficient (Wildman–Crippen LogP) is 6.76. The number of anilines is 1. The molecule has 4 aliphatic rings. The molecular weight excluding hydrogens is 476 g/mol. The van der Waals surface area contributed by atoms with Gasteiger partial charge in [0.1, 0.15) is 9.71 Å². The van der Waals surface area contributed by atoms with Crippen LogP contribution in [0.5, 0.6) is 0 Å². The lowest BCUT2D eigenvalue weighted by atomic mass is 9.47. The normalized spacial score (nSPS) is 34.3. The lowest BCUT2D eigenvalue weighted by molar-refractivity contribution is -0.0164. The van der Waals surface area contributed by atoms with Gasteiger partial charge in [0.25, 0.3) is 0 Å². The zero-order valence-electron chi connectivity index (χ0n) is 22.0. The number of nitrogens with zero attached hydrogens (tertiary/aromatic N) is 1. The van der Waals surface area contributed by atoms with E-state index in [1.54, 1.807) is 0 Å². The van der Waals surface area contributed by atoms with E-state index in [-0.39, 0.29) is 22.7 Å². The molecule has 1 aromatic carbocycles. The van der Waals surface area contributed by atoms with Gasteiger partial charge in [0.05, 0.1) is 11.8 Å². The number of fused-ring (bicyclic) bond motifs is 9. The molecule has 0 amide bonds. The number of thiophene rings is 1. The van der Waals surface area contributed by atoms with E-state index in [1.165, 1.54) is 40.9 Å². The van der Waals surface area contributed by atoms with Crippen LogP contribution in [0.25, 0.3) is 10.2 Å². The van der Waals surface area contributed by atoms with Crippen LogP contribution in [0.4, 0.5) is 5.69 Å². The Morgan fingerprint density at radius 2 is 1.84 bits per heavy atom. The highest BCUT2D eigenvalue weighted by Gasteiger charge is 2.58. The molecule has 0 spiro atoms. The van der Waals surface area contributed by atoms with Crippen molar-refractivity contribution in [3.05, 3.63) is 69.2 Å². The van der Waals surface area contributed by atoms with Crippen molar-refractivity contribution >= 4 is 33.0 Å². The van der Waals surface area contributed by atoms with Gasteiger partial charge in [-0.25, -0.2) is 4.98 Å². The van der Waals surface area contributed by atoms with Crippen LogP contribution in [0.3, 0.4) is 0 Å². The molecule has 3 N–H and O–H groups in total. The fourth-order valence-corrected chi connectivity index (χ4v) is 10.2. The number of aryl methyl sites for hydroxylation is 1. The van der Waals surface area contributed by atoms with Crippen LogP contribution in [0, 0.1) is 30.1 Å². The van der Waals surface area contributed by atoms with Crippen molar-refractivity contribution in [2.24, 2.45) is 23.2 Å². The van der Waals surface area contributed by atoms with Crippen LogP contribution in [0.2, 0.25) is 0 Å². The molecule has 0 saturated heterocycles. The van der Waals surface area contributed by atoms with Crippen molar-refractivity contribution in [2.75, 3.05) is 5.73 Å². The molecule has 4 nitrogen and oxygen atoms in total. The van der Waals surface area contributed by atoms with Gasteiger partial charge in [0.15, 0.2) is 0 Å². The summed E-state index contributed by atoms with van der Waals surface area (Å²) < 4.78 is 0. The van der Waals surface area contributed by atoms with E-state index < -0.39 is 0 Å². The molecule has 2 aromatic heterocycles. The number of ketones is 1. The maximum atomic E-state index is 13.4. The molecule has 2 saturated carbocycles. The van der Waals surface area contributed by atoms with Gasteiger partial charge in [-0.1, -0.05) is 55.8 Å². The molecule has 2 heterocycles. The molecule has 0 unspecified atom stereocenters. The number of carbonyl (C=O) groups excluding carboxylic acids is 1. The summed E-state index contributed by atoms with van der Waals surface area (Å²) in [5, 5.41) is 11.4. The molecule has 0 aliphatic heterocycles. The summed E-state index contributed by atoms with van der Waals surface area (Å²) >= 11 is 1.46. The number of rotatable bonds is 2. The molecule has 192 valence electrons. The standard InChI is InChI=1S/C32H36N2O2S/c1-17-26-22(25-27(33)29(37-30(25)34-17)28(36)18-7-5-4-6-8-18)16-24-21-10-9-19-15-20(35)11-13-31(19,2)23(21)12-14-32(24,26)3/h4-9,20-21,23-24,35H,10-16,33H2,1-3H3/t20-,21-,23+,24-,31-,32+/m0/s1. The first-order valence-electron chi connectivity index (χ1n) is 13.9. The maximum absolute atomic E-state index is 13.4. The van der Waals surface area contributed by atoms with E-state index in [1.807, 2.05) is 30.3 Å². The first-order chi connectivity index (χ1) is 17.7. The van der Waals surface area contributed by atoms with Crippen molar-refractivity contribution in [1.29, 1.82) is 0 Å². The molecule has 37 heavy (non-hydrogen) atoms. The number of hydrogen-bond acceptors (Lipinski definition) is 5. The third kappa shape index (κ3) is 3.16. The summed E-state index contributed by atoms with van der Waals surface area (Å²) in [4.78, 5) is 20.0. The van der Waals surface area contributed by atoms with Crippen LogP contribution in [-0.2, 0) is 11.8 Å². The Bertz CT molecular complexity index is 1470. The van der Waals surface area contributed by atoms with Gasteiger partial charge < -0.3 is 10.8 Å². The van der Waals surface area contributed by atoms with Crippen molar-refractivity contribution in [3.63, 3.8) is 0 Å². The van der Waals surface area contributed by atoms with E-state index in [0.717, 1.165) is 48.0 Å². The highest BCUT2D eigenvalue weighted by Crippen LogP contribution is 2.65. The van der Waals surface area contributed by atoms with Crippen LogP contribution < -0.4 is 5.73 Å². The summed E-state index contributed by atoms with van der Waals surface area (Å²) in [6.07, 6.45) is 9.75. The quantitative estimate of drug-likeness (QED) is 0.294. The summed E-state index contributed by atoms with van der Waals surface area (Å²) in [6, 6.07) is 9.45. The lowest BCUT2D eigenvalue weighted by Gasteiger charge is -2.57. The molecule has 0 radical (unpaired) electrons. The molecule has 4 aliphatic carbocycles. The Hall–Kier alpha value is -2.50. The van der Waals surface area contributed by atoms with E-state index in [9.17, 15) is 9.90 Å². The molecule has 2 fully saturated rings. The van der Waals surface area contributed by atoms with Crippen LogP contribution in [0.15, 0.2) is 42.0 Å². The number of hydrogen-bond donors (Lipinski definition) is 2. The highest BCUT2D eigenvalue weighted by molar-refractivity contribution is 7.21. The van der Waals surface area contributed by atoms with Gasteiger partial charge in [-0.2, -0.15) is 0 Å². The van der Waals surface area contributed by atoms with Crippen molar-refractivity contribution < 1.29 is 9.90 Å². The fourth-order valence-electron chi connectivity index (χ4n) is 9.07. The van der Waals surface area contributed by atoms with Gasteiger partial charge in [-0.15, -0.1) is 11.3 Å².